The van der Waals surface area contributed by atoms with Crippen LogP contribution in [0.15, 0.2) is 64.8 Å². The molecule has 1 aromatic heterocycles. The Bertz CT molecular complexity index is 1610. The molecule has 0 aliphatic carbocycles. The first-order valence-electron chi connectivity index (χ1n) is 12.5. The third kappa shape index (κ3) is 7.77. The number of benzene rings is 2. The zero-order valence-electron chi connectivity index (χ0n) is 22.4. The second kappa shape index (κ2) is 12.7. The first-order chi connectivity index (χ1) is 20.2. The number of nitrogens with two attached hydrogens (primary N) is 1. The van der Waals surface area contributed by atoms with E-state index >= 15 is 0 Å². The van der Waals surface area contributed by atoms with Crippen LogP contribution in [-0.4, -0.2) is 59.5 Å². The van der Waals surface area contributed by atoms with Crippen molar-refractivity contribution >= 4 is 22.0 Å². The van der Waals surface area contributed by atoms with Gasteiger partial charge in [0.15, 0.2) is 11.7 Å². The highest BCUT2D eigenvalue weighted by molar-refractivity contribution is 7.89. The molecule has 0 amide bonds. The summed E-state index contributed by atoms with van der Waals surface area (Å²) in [5.41, 5.74) is -0.0837. The fraction of sp³-hybridized carbons (Fsp3) is 0.320. The van der Waals surface area contributed by atoms with E-state index in [1.165, 1.54) is 24.3 Å². The monoisotopic (exact) mass is 626 g/mol. The fourth-order valence-electron chi connectivity index (χ4n) is 4.15. The van der Waals surface area contributed by atoms with Crippen LogP contribution in [0.3, 0.4) is 0 Å². The number of halogens is 3. The van der Waals surface area contributed by atoms with E-state index in [9.17, 15) is 36.4 Å². The highest BCUT2D eigenvalue weighted by atomic mass is 32.2. The van der Waals surface area contributed by atoms with E-state index in [0.717, 1.165) is 34.8 Å². The van der Waals surface area contributed by atoms with Crippen LogP contribution in [0, 0.1) is 5.21 Å². The van der Waals surface area contributed by atoms with Crippen LogP contribution >= 0.6 is 0 Å². The number of alkyl halides is 3. The quantitative estimate of drug-likeness (QED) is 0.0877. The zero-order valence-corrected chi connectivity index (χ0v) is 23.2. The van der Waals surface area contributed by atoms with Crippen molar-refractivity contribution < 1.29 is 50.5 Å². The van der Waals surface area contributed by atoms with Crippen LogP contribution in [0.2, 0.25) is 0 Å². The highest BCUT2D eigenvalue weighted by Gasteiger charge is 2.38. The number of esters is 2. The van der Waals surface area contributed by atoms with Gasteiger partial charge in [-0.05, 0) is 48.7 Å². The van der Waals surface area contributed by atoms with Gasteiger partial charge in [0.25, 0.3) is 6.79 Å². The van der Waals surface area contributed by atoms with Crippen LogP contribution < -0.4 is 5.14 Å². The predicted octanol–water partition coefficient (Wildman–Crippen LogP) is 3.04. The van der Waals surface area contributed by atoms with Crippen molar-refractivity contribution in [2.45, 2.75) is 43.5 Å². The molecule has 18 heteroatoms. The minimum absolute atomic E-state index is 0.0658. The van der Waals surface area contributed by atoms with Crippen molar-refractivity contribution in [3.8, 4) is 16.9 Å². The second-order valence-corrected chi connectivity index (χ2v) is 10.8. The summed E-state index contributed by atoms with van der Waals surface area (Å²) < 4.78 is 74.5. The Labute approximate surface area is 242 Å². The van der Waals surface area contributed by atoms with Crippen molar-refractivity contribution in [2.75, 3.05) is 13.3 Å². The molecule has 14 nitrogen and oxygen atoms in total. The number of carbonyl (C=O) groups is 2. The van der Waals surface area contributed by atoms with Gasteiger partial charge in [0.2, 0.25) is 15.3 Å². The Morgan fingerprint density at radius 2 is 1.81 bits per heavy atom. The number of primary sulfonamides is 1. The average Bonchev–Trinajstić information content (AvgIpc) is 3.62. The number of hydrogen-bond acceptors (Lipinski definition) is 10. The molecule has 2 aromatic carbocycles. The lowest BCUT2D eigenvalue weighted by Gasteiger charge is -2.18. The van der Waals surface area contributed by atoms with Crippen molar-refractivity contribution in [3.63, 3.8) is 0 Å². The molecular formula is C25H25F3N6O8S. The summed E-state index contributed by atoms with van der Waals surface area (Å²) in [6.07, 6.45) is -3.92. The van der Waals surface area contributed by atoms with E-state index in [1.807, 2.05) is 0 Å². The normalized spacial score (nSPS) is 15.8. The molecule has 0 bridgehead atoms. The molecule has 4 rings (SSSR count). The summed E-state index contributed by atoms with van der Waals surface area (Å²) >= 11 is 0. The van der Waals surface area contributed by atoms with Gasteiger partial charge in [0.05, 0.1) is 27.8 Å². The minimum atomic E-state index is -4.75. The van der Waals surface area contributed by atoms with Crippen molar-refractivity contribution in [3.05, 3.63) is 71.1 Å². The van der Waals surface area contributed by atoms with E-state index in [2.05, 4.69) is 20.0 Å². The van der Waals surface area contributed by atoms with Gasteiger partial charge in [0, 0.05) is 12.5 Å². The summed E-state index contributed by atoms with van der Waals surface area (Å²) in [5.74, 6) is -1.33. The summed E-state index contributed by atoms with van der Waals surface area (Å²) in [5, 5.41) is 25.3. The highest BCUT2D eigenvalue weighted by Crippen LogP contribution is 2.33. The standard InChI is InChI=1S/C25H25F3N6O8S/c1-16(35)41-15-42-31-34(37)32-12-2-3-21(32)24(36)40-14-17-4-6-18(7-5-17)22-13-23(25(26,27)28)30-33(22)19-8-10-20(11-9-19)43(29,38)39/h4-11,13,21H,2-3,12,14-15H2,1H3,(H2,29,38,39)/b34-31-/t21-/m0/s1. The maximum absolute atomic E-state index is 13.5. The van der Waals surface area contributed by atoms with Gasteiger partial charge in [-0.1, -0.05) is 24.3 Å². The number of hydrogen-bond donors (Lipinski definition) is 1. The van der Waals surface area contributed by atoms with Gasteiger partial charge in [-0.25, -0.2) is 23.0 Å². The van der Waals surface area contributed by atoms with Crippen molar-refractivity contribution in [2.24, 2.45) is 10.4 Å². The van der Waals surface area contributed by atoms with E-state index in [-0.39, 0.29) is 34.4 Å². The Morgan fingerprint density at radius 1 is 1.14 bits per heavy atom. The fourth-order valence-corrected chi connectivity index (χ4v) is 4.66. The number of rotatable bonds is 10. The minimum Gasteiger partial charge on any atom is -0.569 e. The first-order valence-corrected chi connectivity index (χ1v) is 14.0. The smallest absolute Gasteiger partial charge is 0.435 e. The summed E-state index contributed by atoms with van der Waals surface area (Å²) in [7, 11) is -4.01. The van der Waals surface area contributed by atoms with E-state index < -0.39 is 46.7 Å². The third-order valence-electron chi connectivity index (χ3n) is 6.20. The third-order valence-corrected chi connectivity index (χ3v) is 7.13. The van der Waals surface area contributed by atoms with Gasteiger partial charge in [-0.3, -0.25) is 4.79 Å². The average molecular weight is 627 g/mol. The van der Waals surface area contributed by atoms with Gasteiger partial charge >= 0.3 is 18.1 Å². The molecule has 0 spiro atoms. The van der Waals surface area contributed by atoms with E-state index in [0.29, 0.717) is 24.0 Å². The van der Waals surface area contributed by atoms with Gasteiger partial charge < -0.3 is 19.5 Å². The molecule has 1 atom stereocenters. The lowest BCUT2D eigenvalue weighted by Crippen LogP contribution is -2.41. The molecule has 43 heavy (non-hydrogen) atoms. The van der Waals surface area contributed by atoms with Gasteiger partial charge in [-0.15, -0.1) is 5.01 Å². The molecular weight excluding hydrogens is 601 g/mol. The number of ether oxygens (including phenoxy) is 2. The molecule has 1 aliphatic heterocycles. The Balaban J connectivity index is 1.46. The number of aromatic nitrogens is 2. The number of hydrazine groups is 1. The lowest BCUT2D eigenvalue weighted by atomic mass is 10.1. The molecule has 0 saturated carbocycles. The molecule has 1 saturated heterocycles. The molecule has 2 heterocycles. The molecule has 2 N–H and O–H groups in total. The predicted molar refractivity (Wildman–Crippen MR) is 139 cm³/mol. The number of nitrogens with zero attached hydrogens (tertiary/aromatic N) is 5. The lowest BCUT2D eigenvalue weighted by molar-refractivity contribution is -0.712. The molecule has 1 fully saturated rings. The second-order valence-electron chi connectivity index (χ2n) is 9.21. The molecule has 230 valence electrons. The van der Waals surface area contributed by atoms with Crippen LogP contribution in [0.4, 0.5) is 13.2 Å². The SMILES string of the molecule is CC(=O)OCO/N=[N+](\[O-])N1CCC[C@H]1C(=O)OCc1ccc(-c2cc(C(F)(F)F)nn2-c2ccc(S(N)(=O)=O)cc2)cc1. The zero-order chi connectivity index (χ0) is 31.4. The van der Waals surface area contributed by atoms with Crippen LogP contribution in [0.25, 0.3) is 16.9 Å². The van der Waals surface area contributed by atoms with E-state index in [1.54, 1.807) is 12.1 Å². The van der Waals surface area contributed by atoms with Crippen molar-refractivity contribution in [1.29, 1.82) is 0 Å². The maximum Gasteiger partial charge on any atom is 0.435 e. The molecule has 0 unspecified atom stereocenters. The Hall–Kier alpha value is -4.71. The van der Waals surface area contributed by atoms with Crippen molar-refractivity contribution in [1.82, 2.24) is 14.8 Å². The maximum atomic E-state index is 13.5. The summed E-state index contributed by atoms with van der Waals surface area (Å²) in [6, 6.07) is 10.9. The topological polar surface area (TPSA) is 181 Å². The van der Waals surface area contributed by atoms with Gasteiger partial charge in [-0.2, -0.15) is 18.3 Å². The molecule has 3 aromatic rings. The summed E-state index contributed by atoms with van der Waals surface area (Å²) in [6.45, 7) is 0.592. The Kier molecular flexibility index (Phi) is 9.19. The molecule has 0 radical (unpaired) electrons. The Morgan fingerprint density at radius 3 is 2.42 bits per heavy atom. The summed E-state index contributed by atoms with van der Waals surface area (Å²) in [4.78, 5) is 27.9. The van der Waals surface area contributed by atoms with Gasteiger partial charge in [0.1, 0.15) is 6.61 Å². The number of carbonyl (C=O) groups excluding carboxylic acids is 2. The van der Waals surface area contributed by atoms with Crippen LogP contribution in [0.1, 0.15) is 31.0 Å². The van der Waals surface area contributed by atoms with Crippen LogP contribution in [0.5, 0.6) is 0 Å². The largest absolute Gasteiger partial charge is 0.569 e. The number of sulfonamides is 1. The molecule has 1 aliphatic rings. The van der Waals surface area contributed by atoms with E-state index in [4.69, 9.17) is 9.88 Å². The van der Waals surface area contributed by atoms with Crippen LogP contribution in [-0.2, 0) is 46.7 Å². The first kappa shape index (κ1) is 31.2.